The smallest absolute Gasteiger partial charge is 0.0595 e. The second kappa shape index (κ2) is 6.97. The number of halogens is 2. The number of benzene rings is 1. The zero-order valence-corrected chi connectivity index (χ0v) is 14.1. The highest BCUT2D eigenvalue weighted by Gasteiger charge is 2.19. The fourth-order valence-corrected chi connectivity index (χ4v) is 2.99. The van der Waals surface area contributed by atoms with Gasteiger partial charge in [-0.25, -0.2) is 0 Å². The monoisotopic (exact) mass is 301 g/mol. The Labute approximate surface area is 127 Å². The van der Waals surface area contributed by atoms with Crippen molar-refractivity contribution in [2.75, 3.05) is 7.05 Å². The average Bonchev–Trinajstić information content (AvgIpc) is 2.27. The van der Waals surface area contributed by atoms with Gasteiger partial charge in [0.1, 0.15) is 0 Å². The highest BCUT2D eigenvalue weighted by atomic mass is 35.5. The Morgan fingerprint density at radius 1 is 1.16 bits per heavy atom. The van der Waals surface area contributed by atoms with Crippen molar-refractivity contribution in [1.82, 2.24) is 5.32 Å². The van der Waals surface area contributed by atoms with Gasteiger partial charge in [-0.1, -0.05) is 57.0 Å². The minimum Gasteiger partial charge on any atom is -0.313 e. The van der Waals surface area contributed by atoms with Gasteiger partial charge in [0.25, 0.3) is 0 Å². The van der Waals surface area contributed by atoms with Crippen molar-refractivity contribution in [2.24, 2.45) is 11.3 Å². The van der Waals surface area contributed by atoms with Gasteiger partial charge in [0, 0.05) is 6.04 Å². The Kier molecular flexibility index (Phi) is 6.16. The molecule has 1 rings (SSSR count). The second-order valence-electron chi connectivity index (χ2n) is 6.62. The van der Waals surface area contributed by atoms with E-state index in [0.29, 0.717) is 27.4 Å². The van der Waals surface area contributed by atoms with Crippen LogP contribution in [0.25, 0.3) is 0 Å². The number of rotatable bonds is 5. The summed E-state index contributed by atoms with van der Waals surface area (Å²) in [5.74, 6) is 0.659. The van der Waals surface area contributed by atoms with Gasteiger partial charge in [-0.05, 0) is 48.9 Å². The molecule has 1 aromatic carbocycles. The Hall–Kier alpha value is -0.240. The quantitative estimate of drug-likeness (QED) is 0.734. The number of hydrogen-bond donors (Lipinski definition) is 1. The first kappa shape index (κ1) is 16.8. The molecule has 0 saturated carbocycles. The van der Waals surface area contributed by atoms with E-state index in [-0.39, 0.29) is 0 Å². The van der Waals surface area contributed by atoms with Crippen LogP contribution in [0.15, 0.2) is 18.2 Å². The van der Waals surface area contributed by atoms with Crippen molar-refractivity contribution in [3.05, 3.63) is 33.8 Å². The molecule has 1 nitrogen and oxygen atoms in total. The lowest BCUT2D eigenvalue weighted by Gasteiger charge is -2.27. The molecule has 2 unspecified atom stereocenters. The molecule has 0 radical (unpaired) electrons. The van der Waals surface area contributed by atoms with E-state index in [1.54, 1.807) is 0 Å². The Bertz CT molecular complexity index is 410. The van der Waals surface area contributed by atoms with Crippen molar-refractivity contribution < 1.29 is 0 Å². The van der Waals surface area contributed by atoms with Crippen LogP contribution in [0.2, 0.25) is 10.0 Å². The van der Waals surface area contributed by atoms with Gasteiger partial charge in [0.2, 0.25) is 0 Å². The van der Waals surface area contributed by atoms with Crippen LogP contribution in [0.4, 0.5) is 0 Å². The van der Waals surface area contributed by atoms with Crippen molar-refractivity contribution in [2.45, 2.75) is 46.6 Å². The zero-order chi connectivity index (χ0) is 14.6. The molecular weight excluding hydrogens is 277 g/mol. The Morgan fingerprint density at radius 3 is 2.26 bits per heavy atom. The van der Waals surface area contributed by atoms with E-state index in [1.165, 1.54) is 12.0 Å². The summed E-state index contributed by atoms with van der Waals surface area (Å²) in [6, 6.07) is 6.22. The van der Waals surface area contributed by atoms with Crippen LogP contribution in [0.5, 0.6) is 0 Å². The summed E-state index contributed by atoms with van der Waals surface area (Å²) in [5, 5.41) is 4.62. The molecule has 19 heavy (non-hydrogen) atoms. The molecule has 0 saturated heterocycles. The molecule has 0 bridgehead atoms. The normalized spacial score (nSPS) is 15.3. The van der Waals surface area contributed by atoms with Gasteiger partial charge in [-0.3, -0.25) is 0 Å². The molecule has 108 valence electrons. The van der Waals surface area contributed by atoms with E-state index < -0.39 is 0 Å². The first-order valence-corrected chi connectivity index (χ1v) is 7.60. The van der Waals surface area contributed by atoms with Gasteiger partial charge in [-0.15, -0.1) is 0 Å². The van der Waals surface area contributed by atoms with Gasteiger partial charge < -0.3 is 5.32 Å². The SMILES string of the molecule is CNC(CC(C)CC(C)(C)C)c1ccc(Cl)c(Cl)c1. The van der Waals surface area contributed by atoms with Crippen LogP contribution >= 0.6 is 23.2 Å². The molecule has 0 spiro atoms. The molecule has 0 fully saturated rings. The zero-order valence-electron chi connectivity index (χ0n) is 12.6. The Morgan fingerprint density at radius 2 is 1.79 bits per heavy atom. The van der Waals surface area contributed by atoms with Crippen LogP contribution in [0.1, 0.15) is 52.1 Å². The van der Waals surface area contributed by atoms with Crippen LogP contribution in [-0.2, 0) is 0 Å². The minimum absolute atomic E-state index is 0.326. The van der Waals surface area contributed by atoms with Crippen LogP contribution < -0.4 is 5.32 Å². The van der Waals surface area contributed by atoms with Crippen LogP contribution in [0, 0.1) is 11.3 Å². The van der Waals surface area contributed by atoms with Crippen molar-refractivity contribution in [1.29, 1.82) is 0 Å². The van der Waals surface area contributed by atoms with Crippen molar-refractivity contribution in [3.63, 3.8) is 0 Å². The third kappa shape index (κ3) is 5.72. The lowest BCUT2D eigenvalue weighted by Crippen LogP contribution is -2.21. The molecule has 1 N–H and O–H groups in total. The minimum atomic E-state index is 0.326. The van der Waals surface area contributed by atoms with Crippen molar-refractivity contribution >= 4 is 23.2 Å². The summed E-state index contributed by atoms with van der Waals surface area (Å²) in [5.41, 5.74) is 1.58. The first-order chi connectivity index (χ1) is 8.73. The molecule has 0 aliphatic heterocycles. The first-order valence-electron chi connectivity index (χ1n) is 6.85. The van der Waals surface area contributed by atoms with Gasteiger partial charge >= 0.3 is 0 Å². The predicted molar refractivity (Wildman–Crippen MR) is 86.1 cm³/mol. The maximum atomic E-state index is 6.10. The highest BCUT2D eigenvalue weighted by molar-refractivity contribution is 6.42. The van der Waals surface area contributed by atoms with E-state index >= 15 is 0 Å². The molecule has 3 heteroatoms. The molecule has 0 heterocycles. The molecular formula is C16H25Cl2N. The third-order valence-electron chi connectivity index (χ3n) is 3.29. The maximum Gasteiger partial charge on any atom is 0.0595 e. The molecule has 1 aromatic rings. The fraction of sp³-hybridized carbons (Fsp3) is 0.625. The van der Waals surface area contributed by atoms with E-state index in [0.717, 1.165) is 6.42 Å². The summed E-state index contributed by atoms with van der Waals surface area (Å²) in [6.07, 6.45) is 2.32. The summed E-state index contributed by atoms with van der Waals surface area (Å²) >= 11 is 12.1. The summed E-state index contributed by atoms with van der Waals surface area (Å²) in [6.45, 7) is 9.18. The third-order valence-corrected chi connectivity index (χ3v) is 4.03. The lowest BCUT2D eigenvalue weighted by atomic mass is 9.82. The lowest BCUT2D eigenvalue weighted by molar-refractivity contribution is 0.279. The van der Waals surface area contributed by atoms with Gasteiger partial charge in [-0.2, -0.15) is 0 Å². The summed E-state index contributed by atoms with van der Waals surface area (Å²) < 4.78 is 0. The second-order valence-corrected chi connectivity index (χ2v) is 7.43. The highest BCUT2D eigenvalue weighted by Crippen LogP contribution is 2.32. The molecule has 2 atom stereocenters. The fourth-order valence-electron chi connectivity index (χ4n) is 2.68. The van der Waals surface area contributed by atoms with Crippen LogP contribution in [-0.4, -0.2) is 7.05 Å². The molecule has 0 aliphatic carbocycles. The summed E-state index contributed by atoms with van der Waals surface area (Å²) in [7, 11) is 2.00. The standard InChI is InChI=1S/C16H25Cl2N/c1-11(10-16(2,3)4)8-15(19-5)12-6-7-13(17)14(18)9-12/h6-7,9,11,15,19H,8,10H2,1-5H3. The Balaban J connectivity index is 2.75. The maximum absolute atomic E-state index is 6.10. The van der Waals surface area contributed by atoms with Crippen molar-refractivity contribution in [3.8, 4) is 0 Å². The van der Waals surface area contributed by atoms with E-state index in [9.17, 15) is 0 Å². The van der Waals surface area contributed by atoms with Crippen LogP contribution in [0.3, 0.4) is 0 Å². The summed E-state index contributed by atoms with van der Waals surface area (Å²) in [4.78, 5) is 0. The van der Waals surface area contributed by atoms with E-state index in [4.69, 9.17) is 23.2 Å². The molecule has 0 aliphatic rings. The van der Waals surface area contributed by atoms with E-state index in [1.807, 2.05) is 19.2 Å². The van der Waals surface area contributed by atoms with Gasteiger partial charge in [0.15, 0.2) is 0 Å². The number of hydrogen-bond acceptors (Lipinski definition) is 1. The number of nitrogens with one attached hydrogen (secondary N) is 1. The topological polar surface area (TPSA) is 12.0 Å². The average molecular weight is 302 g/mol. The molecule has 0 amide bonds. The molecule has 0 aromatic heterocycles. The largest absolute Gasteiger partial charge is 0.313 e. The van der Waals surface area contributed by atoms with Gasteiger partial charge in [0.05, 0.1) is 10.0 Å². The van der Waals surface area contributed by atoms with E-state index in [2.05, 4.69) is 39.1 Å². The predicted octanol–water partition coefficient (Wildman–Crippen LogP) is 5.72.